The number of aromatic nitrogens is 3. The summed E-state index contributed by atoms with van der Waals surface area (Å²) in [5.74, 6) is 0.275. The van der Waals surface area contributed by atoms with Crippen LogP contribution in [-0.2, 0) is 6.42 Å². The molecule has 146 valence electrons. The summed E-state index contributed by atoms with van der Waals surface area (Å²) in [4.78, 5) is 17.9. The predicted molar refractivity (Wildman–Crippen MR) is 112 cm³/mol. The second-order valence-corrected chi connectivity index (χ2v) is 7.78. The Morgan fingerprint density at radius 3 is 2.61 bits per heavy atom. The lowest BCUT2D eigenvalue weighted by molar-refractivity contribution is 0.173. The summed E-state index contributed by atoms with van der Waals surface area (Å²) in [5.41, 5.74) is 1.80. The standard InChI is InChI=1S/C21H23ClN4O2/c1-21(2,12-15-8-5-4-6-9-15)14-28-20-18(17(22)19(27)24-25-20)26(3)16-10-7-11-23-13-16/h4-11,13H,12,14H2,1-3H3,(H,24,27). The van der Waals surface area contributed by atoms with Crippen molar-refractivity contribution in [1.29, 1.82) is 0 Å². The fourth-order valence-electron chi connectivity index (χ4n) is 2.94. The van der Waals surface area contributed by atoms with E-state index in [1.165, 1.54) is 5.56 Å². The lowest BCUT2D eigenvalue weighted by atomic mass is 9.87. The van der Waals surface area contributed by atoms with Gasteiger partial charge in [0.15, 0.2) is 0 Å². The highest BCUT2D eigenvalue weighted by Gasteiger charge is 2.24. The van der Waals surface area contributed by atoms with E-state index in [1.807, 2.05) is 30.3 Å². The van der Waals surface area contributed by atoms with E-state index in [9.17, 15) is 4.79 Å². The highest BCUT2D eigenvalue weighted by Crippen LogP contribution is 2.35. The van der Waals surface area contributed by atoms with Crippen molar-refractivity contribution in [3.63, 3.8) is 0 Å². The van der Waals surface area contributed by atoms with Crippen LogP contribution in [0.4, 0.5) is 11.4 Å². The zero-order valence-electron chi connectivity index (χ0n) is 16.1. The first-order chi connectivity index (χ1) is 13.4. The highest BCUT2D eigenvalue weighted by molar-refractivity contribution is 6.33. The molecule has 3 rings (SSSR count). The summed E-state index contributed by atoms with van der Waals surface area (Å²) in [6, 6.07) is 13.9. The van der Waals surface area contributed by atoms with Crippen LogP contribution >= 0.6 is 11.6 Å². The van der Waals surface area contributed by atoms with Crippen LogP contribution in [0.5, 0.6) is 5.88 Å². The molecule has 0 unspecified atom stereocenters. The molecule has 0 fully saturated rings. The zero-order valence-corrected chi connectivity index (χ0v) is 16.9. The van der Waals surface area contributed by atoms with Gasteiger partial charge in [0.1, 0.15) is 10.7 Å². The SMILES string of the molecule is CN(c1cccnc1)c1c(OCC(C)(C)Cc2ccccc2)n[nH]c(=O)c1Cl. The molecular formula is C21H23ClN4O2. The number of nitrogens with zero attached hydrogens (tertiary/aromatic N) is 3. The van der Waals surface area contributed by atoms with E-state index in [-0.39, 0.29) is 16.3 Å². The topological polar surface area (TPSA) is 71.1 Å². The first-order valence-corrected chi connectivity index (χ1v) is 9.34. The Morgan fingerprint density at radius 2 is 1.93 bits per heavy atom. The number of nitrogens with one attached hydrogen (secondary N) is 1. The fourth-order valence-corrected chi connectivity index (χ4v) is 3.19. The molecule has 6 nitrogen and oxygen atoms in total. The number of halogens is 1. The maximum absolute atomic E-state index is 12.0. The van der Waals surface area contributed by atoms with Gasteiger partial charge in [-0.25, -0.2) is 5.10 Å². The normalized spacial score (nSPS) is 11.3. The molecule has 0 aliphatic heterocycles. The molecule has 7 heteroatoms. The Balaban J connectivity index is 1.84. The van der Waals surface area contributed by atoms with Gasteiger partial charge in [0, 0.05) is 18.7 Å². The van der Waals surface area contributed by atoms with Gasteiger partial charge in [0.05, 0.1) is 18.5 Å². The Morgan fingerprint density at radius 1 is 1.18 bits per heavy atom. The van der Waals surface area contributed by atoms with Crippen LogP contribution in [0.3, 0.4) is 0 Å². The average Bonchev–Trinajstić information content (AvgIpc) is 2.69. The second kappa shape index (κ2) is 8.44. The molecule has 1 aromatic carbocycles. The van der Waals surface area contributed by atoms with Crippen LogP contribution in [-0.4, -0.2) is 28.8 Å². The van der Waals surface area contributed by atoms with E-state index in [1.54, 1.807) is 24.3 Å². The molecule has 1 N–H and O–H groups in total. The average molecular weight is 399 g/mol. The Kier molecular flexibility index (Phi) is 5.99. The van der Waals surface area contributed by atoms with Crippen molar-refractivity contribution in [2.75, 3.05) is 18.6 Å². The van der Waals surface area contributed by atoms with E-state index in [2.05, 4.69) is 41.2 Å². The maximum atomic E-state index is 12.0. The van der Waals surface area contributed by atoms with Crippen LogP contribution in [0.2, 0.25) is 5.02 Å². The van der Waals surface area contributed by atoms with E-state index in [0.29, 0.717) is 12.3 Å². The van der Waals surface area contributed by atoms with Crippen molar-refractivity contribution in [2.45, 2.75) is 20.3 Å². The van der Waals surface area contributed by atoms with Crippen molar-refractivity contribution < 1.29 is 4.74 Å². The number of pyridine rings is 1. The van der Waals surface area contributed by atoms with Gasteiger partial charge in [-0.1, -0.05) is 55.8 Å². The molecule has 0 saturated heterocycles. The van der Waals surface area contributed by atoms with Crippen LogP contribution in [0.25, 0.3) is 0 Å². The predicted octanol–water partition coefficient (Wildman–Crippen LogP) is 4.23. The molecule has 0 spiro atoms. The number of ether oxygens (including phenoxy) is 1. The van der Waals surface area contributed by atoms with Crippen molar-refractivity contribution in [1.82, 2.24) is 15.2 Å². The first kappa shape index (κ1) is 19.9. The molecule has 0 bridgehead atoms. The van der Waals surface area contributed by atoms with Gasteiger partial charge in [0.2, 0.25) is 0 Å². The van der Waals surface area contributed by atoms with Gasteiger partial charge in [-0.05, 0) is 24.1 Å². The molecule has 0 saturated carbocycles. The Bertz CT molecular complexity index is 975. The monoisotopic (exact) mass is 398 g/mol. The van der Waals surface area contributed by atoms with Crippen molar-refractivity contribution in [3.05, 3.63) is 75.8 Å². The van der Waals surface area contributed by atoms with Crippen LogP contribution < -0.4 is 15.2 Å². The van der Waals surface area contributed by atoms with E-state index in [4.69, 9.17) is 16.3 Å². The van der Waals surface area contributed by atoms with Crippen LogP contribution in [0.15, 0.2) is 59.7 Å². The minimum absolute atomic E-state index is 0.0252. The van der Waals surface area contributed by atoms with Gasteiger partial charge in [-0.3, -0.25) is 9.78 Å². The Hall–Kier alpha value is -2.86. The molecule has 2 aromatic heterocycles. The lowest BCUT2D eigenvalue weighted by Gasteiger charge is -2.27. The summed E-state index contributed by atoms with van der Waals surface area (Å²) in [7, 11) is 1.79. The van der Waals surface area contributed by atoms with Gasteiger partial charge in [0.25, 0.3) is 11.4 Å². The minimum Gasteiger partial charge on any atom is -0.475 e. The summed E-state index contributed by atoms with van der Waals surface area (Å²) in [6.45, 7) is 4.65. The second-order valence-electron chi connectivity index (χ2n) is 7.41. The highest BCUT2D eigenvalue weighted by atomic mass is 35.5. The Labute approximate surface area is 169 Å². The van der Waals surface area contributed by atoms with Gasteiger partial charge in [-0.2, -0.15) is 0 Å². The summed E-state index contributed by atoms with van der Waals surface area (Å²) in [6.07, 6.45) is 4.21. The molecule has 3 aromatic rings. The molecule has 0 amide bonds. The molecule has 0 radical (unpaired) electrons. The van der Waals surface area contributed by atoms with Gasteiger partial charge < -0.3 is 9.64 Å². The number of hydrogen-bond donors (Lipinski definition) is 1. The molecule has 0 aliphatic carbocycles. The van der Waals surface area contributed by atoms with E-state index in [0.717, 1.165) is 12.1 Å². The third-order valence-corrected chi connectivity index (χ3v) is 4.71. The first-order valence-electron chi connectivity index (χ1n) is 8.96. The summed E-state index contributed by atoms with van der Waals surface area (Å²) < 4.78 is 6.02. The third-order valence-electron chi connectivity index (χ3n) is 4.36. The van der Waals surface area contributed by atoms with E-state index < -0.39 is 5.56 Å². The molecule has 0 atom stereocenters. The number of anilines is 2. The zero-order chi connectivity index (χ0) is 20.1. The summed E-state index contributed by atoms with van der Waals surface area (Å²) >= 11 is 6.30. The molecule has 0 aliphatic rings. The fraction of sp³-hybridized carbons (Fsp3) is 0.286. The van der Waals surface area contributed by atoms with E-state index >= 15 is 0 Å². The largest absolute Gasteiger partial charge is 0.475 e. The van der Waals surface area contributed by atoms with Crippen LogP contribution in [0.1, 0.15) is 19.4 Å². The molecular weight excluding hydrogens is 376 g/mol. The maximum Gasteiger partial charge on any atom is 0.285 e. The number of rotatable bonds is 7. The number of aromatic amines is 1. The third kappa shape index (κ3) is 4.70. The number of benzene rings is 1. The smallest absolute Gasteiger partial charge is 0.285 e. The number of hydrogen-bond acceptors (Lipinski definition) is 5. The van der Waals surface area contributed by atoms with Gasteiger partial charge in [-0.15, -0.1) is 5.10 Å². The van der Waals surface area contributed by atoms with Gasteiger partial charge >= 0.3 is 0 Å². The quantitative estimate of drug-likeness (QED) is 0.644. The molecule has 28 heavy (non-hydrogen) atoms. The van der Waals surface area contributed by atoms with Crippen molar-refractivity contribution >= 4 is 23.0 Å². The minimum atomic E-state index is -0.469. The van der Waals surface area contributed by atoms with Crippen molar-refractivity contribution in [3.8, 4) is 5.88 Å². The molecule has 2 heterocycles. The van der Waals surface area contributed by atoms with Crippen LogP contribution in [0, 0.1) is 5.41 Å². The summed E-state index contributed by atoms with van der Waals surface area (Å²) in [5, 5.41) is 6.51. The number of H-pyrrole nitrogens is 1. The van der Waals surface area contributed by atoms with Crippen molar-refractivity contribution in [2.24, 2.45) is 5.41 Å². The lowest BCUT2D eigenvalue weighted by Crippen LogP contribution is -2.26.